The average Bonchev–Trinajstić information content (AvgIpc) is 2.48. The van der Waals surface area contributed by atoms with Gasteiger partial charge in [-0.15, -0.1) is 0 Å². The first-order valence-corrected chi connectivity index (χ1v) is 15.6. The summed E-state index contributed by atoms with van der Waals surface area (Å²) in [5.41, 5.74) is 0. The summed E-state index contributed by atoms with van der Waals surface area (Å²) in [7, 11) is 0. The van der Waals surface area contributed by atoms with Crippen molar-refractivity contribution in [1.29, 1.82) is 0 Å². The van der Waals surface area contributed by atoms with E-state index >= 15 is 0 Å². The summed E-state index contributed by atoms with van der Waals surface area (Å²) in [6.45, 7) is 6.76. The van der Waals surface area contributed by atoms with Gasteiger partial charge in [-0.1, -0.05) is 0 Å². The molecule has 0 bridgehead atoms. The monoisotopic (exact) mass is 388 g/mol. The fourth-order valence-corrected chi connectivity index (χ4v) is 17.7. The molecule has 1 aromatic rings. The molecule has 0 spiro atoms. The van der Waals surface area contributed by atoms with E-state index in [0.717, 1.165) is 3.84 Å². The third-order valence-electron chi connectivity index (χ3n) is 4.12. The third-order valence-corrected chi connectivity index (χ3v) is 18.8. The molecule has 0 aliphatic heterocycles. The Morgan fingerprint density at radius 1 is 0.850 bits per heavy atom. The maximum absolute atomic E-state index is 13.1. The van der Waals surface area contributed by atoms with Crippen molar-refractivity contribution in [2.75, 3.05) is 0 Å². The van der Waals surface area contributed by atoms with Gasteiger partial charge in [0.2, 0.25) is 0 Å². The van der Waals surface area contributed by atoms with Gasteiger partial charge in [-0.25, -0.2) is 0 Å². The van der Waals surface area contributed by atoms with Crippen molar-refractivity contribution in [2.24, 2.45) is 0 Å². The summed E-state index contributed by atoms with van der Waals surface area (Å²) in [4.78, 5) is 8.83. The van der Waals surface area contributed by atoms with Crippen LogP contribution in [-0.4, -0.2) is 28.3 Å². The predicted octanol–water partition coefficient (Wildman–Crippen LogP) is 4.67. The first kappa shape index (κ1) is 17.9. The van der Waals surface area contributed by atoms with E-state index < -0.39 is 18.4 Å². The van der Waals surface area contributed by atoms with Crippen molar-refractivity contribution >= 4 is 22.2 Å². The SMILES string of the molecule is CCC[CH2][Sn]([CH2]CCC)([CH2]CCC)[c]1ncc(F)cn1. The molecule has 0 radical (unpaired) electrons. The van der Waals surface area contributed by atoms with Gasteiger partial charge in [-0.2, -0.15) is 0 Å². The van der Waals surface area contributed by atoms with Crippen LogP contribution in [0.1, 0.15) is 59.3 Å². The zero-order valence-corrected chi connectivity index (χ0v) is 16.1. The molecule has 1 aromatic heterocycles. The number of halogens is 1. The van der Waals surface area contributed by atoms with Crippen LogP contribution in [0.2, 0.25) is 13.3 Å². The van der Waals surface area contributed by atoms with E-state index in [0.29, 0.717) is 0 Å². The van der Waals surface area contributed by atoms with E-state index in [9.17, 15) is 4.39 Å². The van der Waals surface area contributed by atoms with Crippen LogP contribution >= 0.6 is 0 Å². The van der Waals surface area contributed by atoms with E-state index in [1.54, 1.807) is 0 Å². The summed E-state index contributed by atoms with van der Waals surface area (Å²) in [6.07, 6.45) is 10.3. The Morgan fingerprint density at radius 3 is 1.60 bits per heavy atom. The number of hydrogen-bond acceptors (Lipinski definition) is 2. The molecule has 0 aliphatic carbocycles. The zero-order valence-electron chi connectivity index (χ0n) is 13.3. The third kappa shape index (κ3) is 5.30. The second-order valence-corrected chi connectivity index (χ2v) is 18.7. The summed E-state index contributed by atoms with van der Waals surface area (Å²) in [6, 6.07) is 0. The molecule has 0 saturated carbocycles. The Labute approximate surface area is 127 Å². The van der Waals surface area contributed by atoms with Gasteiger partial charge in [0, 0.05) is 0 Å². The van der Waals surface area contributed by atoms with Crippen LogP contribution in [-0.2, 0) is 0 Å². The van der Waals surface area contributed by atoms with Gasteiger partial charge in [-0.05, 0) is 0 Å². The van der Waals surface area contributed by atoms with E-state index in [-0.39, 0.29) is 5.82 Å². The second kappa shape index (κ2) is 9.69. The predicted molar refractivity (Wildman–Crippen MR) is 86.5 cm³/mol. The Kier molecular flexibility index (Phi) is 8.65. The average molecular weight is 387 g/mol. The van der Waals surface area contributed by atoms with E-state index in [4.69, 9.17) is 0 Å². The molecule has 20 heavy (non-hydrogen) atoms. The van der Waals surface area contributed by atoms with Gasteiger partial charge in [0.1, 0.15) is 0 Å². The first-order valence-electron chi connectivity index (χ1n) is 8.16. The molecule has 0 aliphatic rings. The molecule has 0 atom stereocenters. The Morgan fingerprint density at radius 2 is 1.25 bits per heavy atom. The molecule has 1 heterocycles. The summed E-state index contributed by atoms with van der Waals surface area (Å²) >= 11 is -2.52. The van der Waals surface area contributed by atoms with Crippen LogP contribution < -0.4 is 3.84 Å². The topological polar surface area (TPSA) is 25.8 Å². The van der Waals surface area contributed by atoms with Crippen molar-refractivity contribution in [3.63, 3.8) is 0 Å². The number of unbranched alkanes of at least 4 members (excludes halogenated alkanes) is 3. The van der Waals surface area contributed by atoms with Crippen LogP contribution in [0.5, 0.6) is 0 Å². The van der Waals surface area contributed by atoms with Gasteiger partial charge in [0.15, 0.2) is 0 Å². The van der Waals surface area contributed by atoms with Gasteiger partial charge >= 0.3 is 127 Å². The molecule has 4 heteroatoms. The fourth-order valence-electron chi connectivity index (χ4n) is 2.84. The second-order valence-electron chi connectivity index (χ2n) is 5.82. The standard InChI is InChI=1S/C4H2FN2.3C4H9.Sn/c5-4-1-6-3-7-2-4;3*1-3-4-2;/h1-2H;3*1,3-4H2,2H3;. The molecule has 0 saturated heterocycles. The molecule has 0 fully saturated rings. The van der Waals surface area contributed by atoms with Crippen LogP contribution in [0.25, 0.3) is 0 Å². The minimum atomic E-state index is -2.52. The summed E-state index contributed by atoms with van der Waals surface area (Å²) in [5.74, 6) is -0.310. The van der Waals surface area contributed by atoms with Gasteiger partial charge in [-0.3, -0.25) is 0 Å². The minimum absolute atomic E-state index is 0.310. The Hall–Kier alpha value is -0.191. The summed E-state index contributed by atoms with van der Waals surface area (Å²) in [5, 5.41) is 0. The summed E-state index contributed by atoms with van der Waals surface area (Å²) < 4.78 is 18.2. The van der Waals surface area contributed by atoms with Crippen LogP contribution in [0.3, 0.4) is 0 Å². The molecular formula is C16H29FN2Sn. The number of nitrogens with zero attached hydrogens (tertiary/aromatic N) is 2. The molecule has 0 unspecified atom stereocenters. The normalized spacial score (nSPS) is 11.8. The van der Waals surface area contributed by atoms with Crippen LogP contribution in [0.4, 0.5) is 4.39 Å². The molecular weight excluding hydrogens is 358 g/mol. The molecule has 114 valence electrons. The Balaban J connectivity index is 3.00. The van der Waals surface area contributed by atoms with Crippen LogP contribution in [0.15, 0.2) is 12.4 Å². The first-order chi connectivity index (χ1) is 9.68. The van der Waals surface area contributed by atoms with E-state index in [2.05, 4.69) is 30.7 Å². The van der Waals surface area contributed by atoms with Crippen molar-refractivity contribution < 1.29 is 4.39 Å². The van der Waals surface area contributed by atoms with Crippen molar-refractivity contribution in [2.45, 2.75) is 72.6 Å². The van der Waals surface area contributed by atoms with E-state index in [1.165, 1.54) is 64.2 Å². The van der Waals surface area contributed by atoms with Crippen molar-refractivity contribution in [1.82, 2.24) is 9.97 Å². The maximum atomic E-state index is 13.1. The zero-order chi connectivity index (χ0) is 14.8. The van der Waals surface area contributed by atoms with Crippen molar-refractivity contribution in [3.8, 4) is 0 Å². The van der Waals surface area contributed by atoms with Gasteiger partial charge in [0.05, 0.1) is 0 Å². The van der Waals surface area contributed by atoms with Crippen molar-refractivity contribution in [3.05, 3.63) is 18.2 Å². The Bertz CT molecular complexity index is 345. The number of hydrogen-bond donors (Lipinski definition) is 0. The van der Waals surface area contributed by atoms with Gasteiger partial charge < -0.3 is 0 Å². The quantitative estimate of drug-likeness (QED) is 0.546. The molecule has 1 rings (SSSR count). The van der Waals surface area contributed by atoms with Gasteiger partial charge in [0.25, 0.3) is 0 Å². The molecule has 2 nitrogen and oxygen atoms in total. The number of rotatable bonds is 10. The molecule has 0 amide bonds. The van der Waals surface area contributed by atoms with E-state index in [1.807, 2.05) is 0 Å². The fraction of sp³-hybridized carbons (Fsp3) is 0.750. The molecule has 0 aromatic carbocycles. The van der Waals surface area contributed by atoms with Crippen LogP contribution in [0, 0.1) is 5.82 Å². The number of aromatic nitrogens is 2. The molecule has 0 N–H and O–H groups in total.